The molecule has 62 heavy (non-hydrogen) atoms. The fraction of sp³-hybridized carbons (Fsp3) is 0.659. The van der Waals surface area contributed by atoms with E-state index in [1.165, 1.54) is 9.13 Å². The van der Waals surface area contributed by atoms with Gasteiger partial charge in [0.25, 0.3) is 10.2 Å². The molecule has 4 saturated heterocycles. The van der Waals surface area contributed by atoms with Gasteiger partial charge in [-0.25, -0.2) is 9.78 Å². The lowest BCUT2D eigenvalue weighted by molar-refractivity contribution is -0.136. The average molecular weight is 871 g/mol. The van der Waals surface area contributed by atoms with Crippen molar-refractivity contribution in [3.8, 4) is 0 Å². The van der Waals surface area contributed by atoms with Crippen molar-refractivity contribution < 1.29 is 27.6 Å². The number of nitrogens with one attached hydrogen (secondary N) is 2. The molecule has 1 aromatic carbocycles. The minimum Gasteiger partial charge on any atom is -0.351 e. The number of imidazole rings is 1. The number of unbranched alkanes of at least 4 members (excludes halogenated alkanes) is 1. The van der Waals surface area contributed by atoms with Crippen molar-refractivity contribution in [2.75, 3.05) is 42.9 Å². The van der Waals surface area contributed by atoms with E-state index in [-0.39, 0.29) is 48.3 Å². The number of aryl methyl sites for hydroxylation is 2. The van der Waals surface area contributed by atoms with Crippen LogP contribution >= 0.6 is 0 Å². The molecule has 10 rings (SSSR count). The van der Waals surface area contributed by atoms with Crippen LogP contribution in [0.25, 0.3) is 11.0 Å². The smallest absolute Gasteiger partial charge is 0.329 e. The lowest BCUT2D eigenvalue weighted by Crippen LogP contribution is -2.56. The number of hydrogen-bond acceptors (Lipinski definition) is 10. The van der Waals surface area contributed by atoms with Gasteiger partial charge in [0, 0.05) is 76.5 Å². The highest BCUT2D eigenvalue weighted by Gasteiger charge is 2.62. The topological polar surface area (TPSA) is 192 Å². The Morgan fingerprint density at radius 1 is 0.935 bits per heavy atom. The molecular weight excluding hydrogens is 813 g/mol. The number of nitrogens with zero attached hydrogens (tertiary/aromatic N) is 8. The summed E-state index contributed by atoms with van der Waals surface area (Å²) in [5, 5.41) is 5.83. The van der Waals surface area contributed by atoms with Crippen molar-refractivity contribution in [2.24, 2.45) is 13.0 Å². The molecule has 4 unspecified atom stereocenters. The predicted octanol–water partition coefficient (Wildman–Crippen LogP) is 3.28. The molecule has 2 N–H and O–H groups in total. The minimum atomic E-state index is -3.75. The van der Waals surface area contributed by atoms with Gasteiger partial charge >= 0.3 is 5.69 Å². The van der Waals surface area contributed by atoms with Crippen LogP contribution in [0.5, 0.6) is 0 Å². The van der Waals surface area contributed by atoms with Crippen molar-refractivity contribution in [3.05, 3.63) is 46.0 Å². The zero-order valence-electron chi connectivity index (χ0n) is 35.8. The van der Waals surface area contributed by atoms with Gasteiger partial charge in [-0.05, 0) is 107 Å². The van der Waals surface area contributed by atoms with Crippen LogP contribution in [-0.2, 0) is 48.3 Å². The largest absolute Gasteiger partial charge is 0.351 e. The van der Waals surface area contributed by atoms with Crippen molar-refractivity contribution in [3.63, 3.8) is 0 Å². The highest BCUT2D eigenvalue weighted by Crippen LogP contribution is 2.58. The van der Waals surface area contributed by atoms with E-state index >= 15 is 0 Å². The maximum Gasteiger partial charge on any atom is 0.329 e. The second-order valence-electron chi connectivity index (χ2n) is 19.2. The molecule has 0 radical (unpaired) electrons. The Labute approximate surface area is 361 Å². The van der Waals surface area contributed by atoms with Gasteiger partial charge in [0.05, 0.1) is 22.0 Å². The van der Waals surface area contributed by atoms with Crippen LogP contribution in [0.15, 0.2) is 29.2 Å². The molecule has 18 heteroatoms. The predicted molar refractivity (Wildman–Crippen MR) is 230 cm³/mol. The van der Waals surface area contributed by atoms with E-state index in [2.05, 4.69) is 22.5 Å². The summed E-state index contributed by atoms with van der Waals surface area (Å²) in [5.74, 6) is 1.13. The van der Waals surface area contributed by atoms with Crippen molar-refractivity contribution in [2.45, 2.75) is 139 Å². The second-order valence-corrected chi connectivity index (χ2v) is 21.0. The molecule has 2 spiro atoms. The number of piperidine rings is 2. The highest BCUT2D eigenvalue weighted by molar-refractivity contribution is 7.86. The molecular formula is C44H58N10O7S. The summed E-state index contributed by atoms with van der Waals surface area (Å²) in [5.41, 5.74) is 2.01. The molecule has 2 aromatic heterocycles. The Bertz CT molecular complexity index is 2510. The first-order chi connectivity index (χ1) is 29.8. The summed E-state index contributed by atoms with van der Waals surface area (Å²) in [6.07, 6.45) is 13.1. The number of hydrogen-bond donors (Lipinski definition) is 2. The summed E-state index contributed by atoms with van der Waals surface area (Å²) < 4.78 is 34.9. The number of anilines is 2. The van der Waals surface area contributed by atoms with Crippen LogP contribution in [0, 0.1) is 5.92 Å². The van der Waals surface area contributed by atoms with E-state index in [4.69, 9.17) is 4.98 Å². The standard InChI is InChI=1S/C44H58N10O7S/c1-28-7-5-9-32(28)54-38-31(44(18-19-44)40(54)58)26-45-41(48-38)46-30-15-22-51(23-16-30)62(60,61)52-21-6-17-43(52)20-24-50(27-43)37(56)10-4-3-8-29-11-12-33-35(25-29)49(2)42(59)53(33)34-13-14-36(55)47-39(34)57/h11-12,25-26,28,30,32,34H,3-10,13-24,27H2,1-2H3,(H,45,46,48)(H,47,55,57). The third-order valence-corrected chi connectivity index (χ3v) is 17.6. The molecule has 332 valence electrons. The first-order valence-electron chi connectivity index (χ1n) is 22.9. The van der Waals surface area contributed by atoms with E-state index in [0.29, 0.717) is 94.1 Å². The van der Waals surface area contributed by atoms with Gasteiger partial charge in [-0.3, -0.25) is 38.5 Å². The Morgan fingerprint density at radius 2 is 1.74 bits per heavy atom. The van der Waals surface area contributed by atoms with Crippen molar-refractivity contribution >= 4 is 56.6 Å². The Hall–Kier alpha value is -4.68. The maximum atomic E-state index is 14.3. The monoisotopic (exact) mass is 870 g/mol. The molecule has 2 saturated carbocycles. The molecule has 4 atom stereocenters. The van der Waals surface area contributed by atoms with Gasteiger partial charge in [-0.15, -0.1) is 0 Å². The van der Waals surface area contributed by atoms with Crippen LogP contribution in [0.4, 0.5) is 11.8 Å². The molecule has 5 aliphatic heterocycles. The van der Waals surface area contributed by atoms with Gasteiger partial charge in [-0.1, -0.05) is 19.4 Å². The van der Waals surface area contributed by atoms with Crippen LogP contribution in [0.1, 0.15) is 120 Å². The lowest BCUT2D eigenvalue weighted by Gasteiger charge is -2.39. The average Bonchev–Trinajstić information content (AvgIpc) is 3.53. The highest BCUT2D eigenvalue weighted by atomic mass is 32.2. The zero-order chi connectivity index (χ0) is 43.1. The van der Waals surface area contributed by atoms with Gasteiger partial charge in [0.2, 0.25) is 29.6 Å². The summed E-state index contributed by atoms with van der Waals surface area (Å²) in [4.78, 5) is 78.1. The quantitative estimate of drug-likeness (QED) is 0.214. The molecule has 6 fully saturated rings. The number of likely N-dealkylation sites (tertiary alicyclic amines) is 1. The SMILES string of the molecule is CC1CCCC1N1C(=O)C2(CC2)c2cnc(NC3CCN(S(=O)(=O)N4CCCC45CCN(C(=O)CCCCc4ccc6c(c4)n(C)c(=O)n6C4CCC(=O)NC4=O)C5)CC3)nc21. The van der Waals surface area contributed by atoms with Crippen molar-refractivity contribution in [1.29, 1.82) is 0 Å². The molecule has 4 amide bonds. The maximum absolute atomic E-state index is 14.3. The van der Waals surface area contributed by atoms with Gasteiger partial charge in [0.15, 0.2) is 0 Å². The van der Waals surface area contributed by atoms with Crippen LogP contribution in [0.3, 0.4) is 0 Å². The third-order valence-electron chi connectivity index (χ3n) is 15.4. The van der Waals surface area contributed by atoms with E-state index in [1.54, 1.807) is 15.7 Å². The second kappa shape index (κ2) is 15.5. The Balaban J connectivity index is 0.718. The van der Waals surface area contributed by atoms with Crippen LogP contribution in [0.2, 0.25) is 0 Å². The number of aromatic nitrogens is 4. The third kappa shape index (κ3) is 6.85. The minimum absolute atomic E-state index is 0.000986. The fourth-order valence-corrected chi connectivity index (χ4v) is 13.7. The zero-order valence-corrected chi connectivity index (χ0v) is 36.6. The number of carbonyl (C=O) groups excluding carboxylic acids is 4. The van der Waals surface area contributed by atoms with E-state index in [9.17, 15) is 32.4 Å². The van der Waals surface area contributed by atoms with E-state index in [1.807, 2.05) is 34.2 Å². The number of fused-ring (bicyclic) bond motifs is 3. The van der Waals surface area contributed by atoms with Crippen LogP contribution < -0.4 is 21.2 Å². The van der Waals surface area contributed by atoms with Crippen molar-refractivity contribution in [1.82, 2.24) is 37.9 Å². The normalized spacial score (nSPS) is 27.9. The van der Waals surface area contributed by atoms with Gasteiger partial charge < -0.3 is 10.2 Å². The molecule has 3 aromatic rings. The van der Waals surface area contributed by atoms with Crippen LogP contribution in [-0.4, -0.2) is 115 Å². The van der Waals surface area contributed by atoms with Gasteiger partial charge in [-0.2, -0.15) is 22.0 Å². The molecule has 7 heterocycles. The number of benzene rings is 1. The Morgan fingerprint density at radius 3 is 2.48 bits per heavy atom. The molecule has 2 aliphatic carbocycles. The lowest BCUT2D eigenvalue weighted by atomic mass is 9.97. The Kier molecular flexibility index (Phi) is 10.4. The van der Waals surface area contributed by atoms with E-state index in [0.717, 1.165) is 68.3 Å². The number of carbonyl (C=O) groups is 4. The summed E-state index contributed by atoms with van der Waals surface area (Å²) in [6.45, 7) is 4.39. The molecule has 17 nitrogen and oxygen atoms in total. The number of rotatable bonds is 11. The summed E-state index contributed by atoms with van der Waals surface area (Å²) in [7, 11) is -2.08. The summed E-state index contributed by atoms with van der Waals surface area (Å²) >= 11 is 0. The fourth-order valence-electron chi connectivity index (χ4n) is 11.7. The molecule has 0 bridgehead atoms. The van der Waals surface area contributed by atoms with E-state index < -0.39 is 33.1 Å². The number of amides is 4. The first-order valence-corrected chi connectivity index (χ1v) is 24.3. The van der Waals surface area contributed by atoms with Gasteiger partial charge in [0.1, 0.15) is 11.9 Å². The molecule has 7 aliphatic rings. The number of imide groups is 1. The summed E-state index contributed by atoms with van der Waals surface area (Å²) in [6, 6.07) is 5.20. The first kappa shape index (κ1) is 41.3.